The fraction of sp³-hybridized carbons (Fsp3) is 0.462. The molecular formula is C13H18ClN3O3S. The first-order valence-corrected chi connectivity index (χ1v) is 8.51. The number of nitrogens with two attached hydrogens (primary N) is 1. The maximum absolute atomic E-state index is 12.3. The minimum atomic E-state index is -3.77. The SMILES string of the molecule is CC(CN1CCCC1=O)NS(=O)(=O)c1cc(Cl)ccc1N. The summed E-state index contributed by atoms with van der Waals surface area (Å²) in [6.45, 7) is 2.73. The Morgan fingerprint density at radius 1 is 1.48 bits per heavy atom. The van der Waals surface area contributed by atoms with Crippen molar-refractivity contribution in [2.75, 3.05) is 18.8 Å². The summed E-state index contributed by atoms with van der Waals surface area (Å²) in [7, 11) is -3.77. The van der Waals surface area contributed by atoms with Crippen molar-refractivity contribution in [3.05, 3.63) is 23.2 Å². The lowest BCUT2D eigenvalue weighted by atomic mass is 10.3. The fourth-order valence-corrected chi connectivity index (χ4v) is 3.96. The van der Waals surface area contributed by atoms with Gasteiger partial charge in [0, 0.05) is 30.6 Å². The van der Waals surface area contributed by atoms with Crippen LogP contribution in [-0.4, -0.2) is 38.4 Å². The van der Waals surface area contributed by atoms with E-state index in [1.807, 2.05) is 0 Å². The number of nitrogens with zero attached hydrogens (tertiary/aromatic N) is 1. The predicted molar refractivity (Wildman–Crippen MR) is 81.5 cm³/mol. The van der Waals surface area contributed by atoms with Gasteiger partial charge in [-0.2, -0.15) is 0 Å². The quantitative estimate of drug-likeness (QED) is 0.793. The largest absolute Gasteiger partial charge is 0.398 e. The summed E-state index contributed by atoms with van der Waals surface area (Å²) in [4.78, 5) is 13.2. The molecule has 0 bridgehead atoms. The number of rotatable bonds is 5. The molecule has 8 heteroatoms. The molecule has 1 aromatic rings. The number of anilines is 1. The van der Waals surface area contributed by atoms with Crippen molar-refractivity contribution in [1.29, 1.82) is 0 Å². The van der Waals surface area contributed by atoms with Crippen molar-refractivity contribution in [2.24, 2.45) is 0 Å². The second-order valence-electron chi connectivity index (χ2n) is 5.15. The van der Waals surface area contributed by atoms with Crippen LogP contribution < -0.4 is 10.5 Å². The molecule has 3 N–H and O–H groups in total. The smallest absolute Gasteiger partial charge is 0.242 e. The van der Waals surface area contributed by atoms with Gasteiger partial charge in [0.1, 0.15) is 4.90 Å². The molecule has 0 aromatic heterocycles. The third-order valence-electron chi connectivity index (χ3n) is 3.29. The molecule has 0 radical (unpaired) electrons. The summed E-state index contributed by atoms with van der Waals surface area (Å²) < 4.78 is 27.2. The highest BCUT2D eigenvalue weighted by Gasteiger charge is 2.25. The van der Waals surface area contributed by atoms with Crippen LogP contribution in [0.5, 0.6) is 0 Å². The van der Waals surface area contributed by atoms with E-state index in [-0.39, 0.29) is 16.5 Å². The molecule has 1 unspecified atom stereocenters. The standard InChI is InChI=1S/C13H18ClN3O3S/c1-9(8-17-6-2-3-13(17)18)16-21(19,20)12-7-10(14)4-5-11(12)15/h4-5,7,9,16H,2-3,6,8,15H2,1H3. The number of carbonyl (C=O) groups is 1. The van der Waals surface area contributed by atoms with Gasteiger partial charge >= 0.3 is 0 Å². The lowest BCUT2D eigenvalue weighted by Gasteiger charge is -2.22. The highest BCUT2D eigenvalue weighted by atomic mass is 35.5. The second kappa shape index (κ2) is 6.21. The molecule has 1 saturated heterocycles. The summed E-state index contributed by atoms with van der Waals surface area (Å²) in [5.74, 6) is 0.0586. The van der Waals surface area contributed by atoms with Gasteiger partial charge in [-0.25, -0.2) is 13.1 Å². The first-order chi connectivity index (χ1) is 9.79. The molecule has 6 nitrogen and oxygen atoms in total. The molecule has 1 heterocycles. The van der Waals surface area contributed by atoms with Crippen LogP contribution in [0.15, 0.2) is 23.1 Å². The molecule has 1 aliphatic heterocycles. The number of benzene rings is 1. The van der Waals surface area contributed by atoms with Crippen LogP contribution in [0.3, 0.4) is 0 Å². The Labute approximate surface area is 129 Å². The van der Waals surface area contributed by atoms with Gasteiger partial charge in [-0.3, -0.25) is 4.79 Å². The molecule has 116 valence electrons. The average molecular weight is 332 g/mol. The van der Waals surface area contributed by atoms with Gasteiger partial charge in [-0.05, 0) is 31.5 Å². The van der Waals surface area contributed by atoms with Crippen LogP contribution in [0.1, 0.15) is 19.8 Å². The van der Waals surface area contributed by atoms with Crippen molar-refractivity contribution in [3.8, 4) is 0 Å². The van der Waals surface area contributed by atoms with Crippen LogP contribution in [-0.2, 0) is 14.8 Å². The molecule has 0 saturated carbocycles. The first kappa shape index (κ1) is 16.1. The first-order valence-electron chi connectivity index (χ1n) is 6.65. The summed E-state index contributed by atoms with van der Waals surface area (Å²) >= 11 is 5.82. The van der Waals surface area contributed by atoms with Crippen LogP contribution >= 0.6 is 11.6 Å². The minimum absolute atomic E-state index is 0.0467. The van der Waals surface area contributed by atoms with E-state index in [0.29, 0.717) is 24.5 Å². The van der Waals surface area contributed by atoms with Gasteiger partial charge in [-0.15, -0.1) is 0 Å². The van der Waals surface area contributed by atoms with Crippen molar-refractivity contribution in [1.82, 2.24) is 9.62 Å². The van der Waals surface area contributed by atoms with E-state index in [2.05, 4.69) is 4.72 Å². The highest BCUT2D eigenvalue weighted by molar-refractivity contribution is 7.89. The molecule has 0 aliphatic carbocycles. The molecule has 1 atom stereocenters. The fourth-order valence-electron chi connectivity index (χ4n) is 2.33. The highest BCUT2D eigenvalue weighted by Crippen LogP contribution is 2.22. The number of likely N-dealkylation sites (tertiary alicyclic amines) is 1. The summed E-state index contributed by atoms with van der Waals surface area (Å²) in [6.07, 6.45) is 1.35. The summed E-state index contributed by atoms with van der Waals surface area (Å²) in [6, 6.07) is 3.89. The van der Waals surface area contributed by atoms with Crippen LogP contribution in [0, 0.1) is 0 Å². The Morgan fingerprint density at radius 2 is 2.19 bits per heavy atom. The van der Waals surface area contributed by atoms with E-state index in [9.17, 15) is 13.2 Å². The van der Waals surface area contributed by atoms with E-state index < -0.39 is 16.1 Å². The Hall–Kier alpha value is -1.31. The second-order valence-corrected chi connectivity index (χ2v) is 7.27. The van der Waals surface area contributed by atoms with E-state index in [1.165, 1.54) is 18.2 Å². The van der Waals surface area contributed by atoms with E-state index in [0.717, 1.165) is 6.42 Å². The van der Waals surface area contributed by atoms with Crippen molar-refractivity contribution < 1.29 is 13.2 Å². The minimum Gasteiger partial charge on any atom is -0.398 e. The third-order valence-corrected chi connectivity index (χ3v) is 5.17. The van der Waals surface area contributed by atoms with Gasteiger partial charge in [-0.1, -0.05) is 11.6 Å². The van der Waals surface area contributed by atoms with E-state index in [1.54, 1.807) is 11.8 Å². The molecule has 1 amide bonds. The monoisotopic (exact) mass is 331 g/mol. The van der Waals surface area contributed by atoms with E-state index >= 15 is 0 Å². The van der Waals surface area contributed by atoms with Crippen molar-refractivity contribution in [3.63, 3.8) is 0 Å². The zero-order chi connectivity index (χ0) is 15.6. The van der Waals surface area contributed by atoms with Crippen LogP contribution in [0.25, 0.3) is 0 Å². The number of nitrogens with one attached hydrogen (secondary N) is 1. The average Bonchev–Trinajstić information content (AvgIpc) is 2.77. The van der Waals surface area contributed by atoms with Gasteiger partial charge in [0.05, 0.1) is 5.69 Å². The van der Waals surface area contributed by atoms with Gasteiger partial charge in [0.15, 0.2) is 0 Å². The number of hydrogen-bond donors (Lipinski definition) is 2. The molecular weight excluding hydrogens is 314 g/mol. The van der Waals surface area contributed by atoms with Gasteiger partial charge in [0.2, 0.25) is 15.9 Å². The number of nitrogen functional groups attached to an aromatic ring is 1. The molecule has 21 heavy (non-hydrogen) atoms. The normalized spacial score (nSPS) is 17.2. The maximum Gasteiger partial charge on any atom is 0.242 e. The Bertz CT molecular complexity index is 648. The number of carbonyl (C=O) groups excluding carboxylic acids is 1. The molecule has 0 spiro atoms. The summed E-state index contributed by atoms with van der Waals surface area (Å²) in [5, 5.41) is 0.298. The Morgan fingerprint density at radius 3 is 2.81 bits per heavy atom. The zero-order valence-corrected chi connectivity index (χ0v) is 13.2. The van der Waals surface area contributed by atoms with Crippen LogP contribution in [0.4, 0.5) is 5.69 Å². The molecule has 2 rings (SSSR count). The van der Waals surface area contributed by atoms with E-state index in [4.69, 9.17) is 17.3 Å². The Balaban J connectivity index is 2.09. The van der Waals surface area contributed by atoms with Gasteiger partial charge < -0.3 is 10.6 Å². The molecule has 1 fully saturated rings. The Kier molecular flexibility index (Phi) is 4.75. The molecule has 1 aliphatic rings. The third kappa shape index (κ3) is 3.87. The summed E-state index contributed by atoms with van der Waals surface area (Å²) in [5.41, 5.74) is 5.83. The van der Waals surface area contributed by atoms with Crippen LogP contribution in [0.2, 0.25) is 5.02 Å². The molecule has 1 aromatic carbocycles. The zero-order valence-electron chi connectivity index (χ0n) is 11.7. The number of hydrogen-bond acceptors (Lipinski definition) is 4. The lowest BCUT2D eigenvalue weighted by Crippen LogP contribution is -2.42. The predicted octanol–water partition coefficient (Wildman–Crippen LogP) is 1.21. The number of halogens is 1. The van der Waals surface area contributed by atoms with Crippen molar-refractivity contribution in [2.45, 2.75) is 30.7 Å². The number of amides is 1. The maximum atomic E-state index is 12.3. The topological polar surface area (TPSA) is 92.5 Å². The number of sulfonamides is 1. The lowest BCUT2D eigenvalue weighted by molar-refractivity contribution is -0.127. The van der Waals surface area contributed by atoms with Gasteiger partial charge in [0.25, 0.3) is 0 Å². The van der Waals surface area contributed by atoms with Crippen molar-refractivity contribution >= 4 is 33.2 Å².